The number of aromatic nitrogens is 2. The molecule has 0 amide bonds. The molecule has 0 aliphatic heterocycles. The van der Waals surface area contributed by atoms with Crippen LogP contribution in [0.25, 0.3) is 27.2 Å². The van der Waals surface area contributed by atoms with Crippen molar-refractivity contribution in [1.82, 2.24) is 9.55 Å². The zero-order valence-electron chi connectivity index (χ0n) is 18.8. The number of ether oxygens (including phenoxy) is 1. The van der Waals surface area contributed by atoms with Crippen LogP contribution in [-0.4, -0.2) is 30.3 Å². The van der Waals surface area contributed by atoms with Crippen LogP contribution in [0.3, 0.4) is 0 Å². The van der Waals surface area contributed by atoms with E-state index in [1.807, 2.05) is 43.4 Å². The molecule has 6 nitrogen and oxygen atoms in total. The van der Waals surface area contributed by atoms with Crippen molar-refractivity contribution in [2.24, 2.45) is 13.0 Å². The summed E-state index contributed by atoms with van der Waals surface area (Å²) in [4.78, 5) is 24.2. The number of nitrogens with zero attached hydrogens (tertiary/aromatic N) is 4. The fourth-order valence-corrected chi connectivity index (χ4v) is 4.51. The summed E-state index contributed by atoms with van der Waals surface area (Å²) in [6.07, 6.45) is 5.01. The quantitative estimate of drug-likeness (QED) is 0.500. The Hall–Kier alpha value is -3.59. The van der Waals surface area contributed by atoms with Gasteiger partial charge in [0.05, 0.1) is 24.9 Å². The molecule has 1 fully saturated rings. The number of benzene rings is 2. The second-order valence-corrected chi connectivity index (χ2v) is 8.42. The Morgan fingerprint density at radius 1 is 1.09 bits per heavy atom. The summed E-state index contributed by atoms with van der Waals surface area (Å²) >= 11 is 0. The molecule has 1 heterocycles. The van der Waals surface area contributed by atoms with Gasteiger partial charge < -0.3 is 9.64 Å². The Bertz CT molecular complexity index is 1180. The predicted molar refractivity (Wildman–Crippen MR) is 128 cm³/mol. The van der Waals surface area contributed by atoms with E-state index in [0.717, 1.165) is 23.4 Å². The van der Waals surface area contributed by atoms with Gasteiger partial charge in [0.1, 0.15) is 5.75 Å². The summed E-state index contributed by atoms with van der Waals surface area (Å²) in [7, 11) is 5.42. The Morgan fingerprint density at radius 3 is 2.31 bits per heavy atom. The maximum atomic E-state index is 13.6. The molecule has 6 heteroatoms. The van der Waals surface area contributed by atoms with Gasteiger partial charge in [-0.15, -0.1) is 0 Å². The van der Waals surface area contributed by atoms with E-state index in [1.165, 1.54) is 25.7 Å². The third-order valence-corrected chi connectivity index (χ3v) is 6.26. The van der Waals surface area contributed by atoms with Gasteiger partial charge in [0.2, 0.25) is 5.95 Å². The number of anilines is 1. The van der Waals surface area contributed by atoms with Crippen LogP contribution in [-0.2, 0) is 7.05 Å². The molecule has 2 aromatic carbocycles. The molecule has 32 heavy (non-hydrogen) atoms. The van der Waals surface area contributed by atoms with E-state index in [4.69, 9.17) is 16.3 Å². The smallest absolute Gasteiger partial charge is 0.263 e. The first-order valence-corrected chi connectivity index (χ1v) is 11.0. The molecule has 0 radical (unpaired) electrons. The molecular weight excluding hydrogens is 400 g/mol. The van der Waals surface area contributed by atoms with Crippen molar-refractivity contribution in [3.8, 4) is 28.1 Å². The van der Waals surface area contributed by atoms with E-state index in [0.29, 0.717) is 28.8 Å². The predicted octanol–water partition coefficient (Wildman–Crippen LogP) is 5.30. The summed E-state index contributed by atoms with van der Waals surface area (Å²) < 4.78 is 6.92. The summed E-state index contributed by atoms with van der Waals surface area (Å²) in [5.74, 6) is 2.03. The second kappa shape index (κ2) is 9.27. The topological polar surface area (TPSA) is 51.7 Å². The fraction of sp³-hybridized carbons (Fsp3) is 0.346. The van der Waals surface area contributed by atoms with Crippen LogP contribution < -0.4 is 15.2 Å². The average molecular weight is 429 g/mol. The van der Waals surface area contributed by atoms with E-state index < -0.39 is 0 Å². The molecular formula is C26H28N4O2. The van der Waals surface area contributed by atoms with Gasteiger partial charge in [0, 0.05) is 20.6 Å². The maximum Gasteiger partial charge on any atom is 0.263 e. The number of methoxy groups -OCH3 is 1. The minimum atomic E-state index is -0.0947. The zero-order chi connectivity index (χ0) is 22.7. The summed E-state index contributed by atoms with van der Waals surface area (Å²) in [5.41, 5.74) is 3.24. The molecule has 164 valence electrons. The fourth-order valence-electron chi connectivity index (χ4n) is 4.51. The lowest BCUT2D eigenvalue weighted by Gasteiger charge is -2.25. The molecule has 4 rings (SSSR count). The highest BCUT2D eigenvalue weighted by Crippen LogP contribution is 2.32. The molecule has 0 unspecified atom stereocenters. The zero-order valence-corrected chi connectivity index (χ0v) is 18.8. The number of hydrogen-bond donors (Lipinski definition) is 0. The SMILES string of the molecule is [C-]#[N+]c1ccc(-c2nc(N(C)CC3CCCC3)n(C)c(=O)c2-c2ccc(OC)cc2)cc1. The van der Waals surface area contributed by atoms with Gasteiger partial charge in [0.15, 0.2) is 5.69 Å². The van der Waals surface area contributed by atoms with Gasteiger partial charge >= 0.3 is 0 Å². The van der Waals surface area contributed by atoms with Crippen LogP contribution in [0.1, 0.15) is 25.7 Å². The third kappa shape index (κ3) is 4.24. The van der Waals surface area contributed by atoms with E-state index in [-0.39, 0.29) is 5.56 Å². The van der Waals surface area contributed by atoms with Crippen molar-refractivity contribution in [3.05, 3.63) is 70.3 Å². The second-order valence-electron chi connectivity index (χ2n) is 8.42. The number of hydrogen-bond acceptors (Lipinski definition) is 4. The Kier molecular flexibility index (Phi) is 6.27. The van der Waals surface area contributed by atoms with Crippen LogP contribution in [0.2, 0.25) is 0 Å². The normalized spacial score (nSPS) is 13.7. The largest absolute Gasteiger partial charge is 0.497 e. The van der Waals surface area contributed by atoms with Crippen molar-refractivity contribution in [2.45, 2.75) is 25.7 Å². The molecule has 1 aliphatic rings. The van der Waals surface area contributed by atoms with Crippen LogP contribution in [0.5, 0.6) is 5.75 Å². The van der Waals surface area contributed by atoms with Crippen LogP contribution in [0, 0.1) is 12.5 Å². The van der Waals surface area contributed by atoms with Gasteiger partial charge in [-0.05, 0) is 42.0 Å². The van der Waals surface area contributed by atoms with E-state index >= 15 is 0 Å². The first kappa shape index (κ1) is 21.6. The minimum Gasteiger partial charge on any atom is -0.497 e. The molecule has 0 bridgehead atoms. The van der Waals surface area contributed by atoms with Crippen molar-refractivity contribution >= 4 is 11.6 Å². The van der Waals surface area contributed by atoms with Gasteiger partial charge in [-0.25, -0.2) is 9.83 Å². The van der Waals surface area contributed by atoms with Gasteiger partial charge in [-0.2, -0.15) is 0 Å². The van der Waals surface area contributed by atoms with E-state index in [2.05, 4.69) is 9.74 Å². The molecule has 1 aromatic heterocycles. The summed E-state index contributed by atoms with van der Waals surface area (Å²) in [6.45, 7) is 8.12. The van der Waals surface area contributed by atoms with Crippen molar-refractivity contribution in [1.29, 1.82) is 0 Å². The summed E-state index contributed by atoms with van der Waals surface area (Å²) in [5, 5.41) is 0. The van der Waals surface area contributed by atoms with Crippen molar-refractivity contribution in [3.63, 3.8) is 0 Å². The molecule has 0 N–H and O–H groups in total. The lowest BCUT2D eigenvalue weighted by atomic mass is 10.00. The lowest BCUT2D eigenvalue weighted by molar-refractivity contribution is 0.415. The standard InChI is InChI=1S/C26H28N4O2/c1-27-21-13-9-20(10-14-21)24-23(19-11-15-22(32-4)16-12-19)25(31)30(3)26(28-24)29(2)17-18-7-5-6-8-18/h9-16,18H,5-8,17H2,2-4H3. The highest BCUT2D eigenvalue weighted by Gasteiger charge is 2.23. The molecule has 0 atom stereocenters. The van der Waals surface area contributed by atoms with Gasteiger partial charge in [0.25, 0.3) is 5.56 Å². The van der Waals surface area contributed by atoms with Crippen LogP contribution in [0.4, 0.5) is 11.6 Å². The molecule has 0 spiro atoms. The Labute approximate surface area is 188 Å². The van der Waals surface area contributed by atoms with E-state index in [9.17, 15) is 4.79 Å². The minimum absolute atomic E-state index is 0.0947. The maximum absolute atomic E-state index is 13.6. The van der Waals surface area contributed by atoms with Crippen molar-refractivity contribution in [2.75, 3.05) is 25.6 Å². The molecule has 3 aromatic rings. The van der Waals surface area contributed by atoms with Crippen LogP contribution in [0.15, 0.2) is 53.3 Å². The van der Waals surface area contributed by atoms with Gasteiger partial charge in [-0.3, -0.25) is 9.36 Å². The Balaban J connectivity index is 1.86. The highest BCUT2D eigenvalue weighted by molar-refractivity contribution is 5.81. The van der Waals surface area contributed by atoms with Gasteiger partial charge in [-0.1, -0.05) is 49.2 Å². The average Bonchev–Trinajstić information content (AvgIpc) is 3.34. The number of rotatable bonds is 6. The lowest BCUT2D eigenvalue weighted by Crippen LogP contribution is -2.33. The molecule has 1 aliphatic carbocycles. The van der Waals surface area contributed by atoms with E-state index in [1.54, 1.807) is 30.9 Å². The first-order valence-electron chi connectivity index (χ1n) is 11.0. The van der Waals surface area contributed by atoms with Crippen LogP contribution >= 0.6 is 0 Å². The summed E-state index contributed by atoms with van der Waals surface area (Å²) in [6, 6.07) is 14.7. The highest BCUT2D eigenvalue weighted by atomic mass is 16.5. The first-order chi connectivity index (χ1) is 15.5. The third-order valence-electron chi connectivity index (χ3n) is 6.26. The van der Waals surface area contributed by atoms with Crippen molar-refractivity contribution < 1.29 is 4.74 Å². The molecule has 1 saturated carbocycles. The Morgan fingerprint density at radius 2 is 1.72 bits per heavy atom. The molecule has 0 saturated heterocycles. The monoisotopic (exact) mass is 428 g/mol.